The molecule has 29 heavy (non-hydrogen) atoms. The van der Waals surface area contributed by atoms with E-state index in [9.17, 15) is 4.79 Å². The largest absolute Gasteiger partial charge is 0.371 e. The minimum absolute atomic E-state index is 0.00282. The third-order valence-electron chi connectivity index (χ3n) is 6.06. The average molecular weight is 393 g/mol. The monoisotopic (exact) mass is 392 g/mol. The van der Waals surface area contributed by atoms with Gasteiger partial charge in [0.2, 0.25) is 0 Å². The summed E-state index contributed by atoms with van der Waals surface area (Å²) in [5.41, 5.74) is 5.29. The first-order valence-corrected chi connectivity index (χ1v) is 10.9. The molecular formula is C24H32N4O. The third kappa shape index (κ3) is 4.66. The summed E-state index contributed by atoms with van der Waals surface area (Å²) in [6, 6.07) is 17.1. The number of anilines is 2. The number of carbonyl (C=O) groups is 1. The Labute approximate surface area is 174 Å². The minimum Gasteiger partial charge on any atom is -0.371 e. The molecule has 1 saturated heterocycles. The Morgan fingerprint density at radius 2 is 1.72 bits per heavy atom. The second-order valence-electron chi connectivity index (χ2n) is 8.13. The summed E-state index contributed by atoms with van der Waals surface area (Å²) in [6.07, 6.45) is 4.60. The summed E-state index contributed by atoms with van der Waals surface area (Å²) in [5, 5.41) is 3.09. The van der Waals surface area contributed by atoms with Gasteiger partial charge in [0.25, 0.3) is 0 Å². The van der Waals surface area contributed by atoms with Crippen LogP contribution >= 0.6 is 0 Å². The molecule has 2 aromatic rings. The van der Waals surface area contributed by atoms with Gasteiger partial charge in [0.15, 0.2) is 0 Å². The van der Waals surface area contributed by atoms with Crippen LogP contribution in [0.1, 0.15) is 30.4 Å². The molecule has 0 atom stereocenters. The van der Waals surface area contributed by atoms with Crippen LogP contribution in [0.15, 0.2) is 48.5 Å². The Bertz CT molecular complexity index is 831. The van der Waals surface area contributed by atoms with Crippen LogP contribution in [0.5, 0.6) is 0 Å². The molecular weight excluding hydrogens is 360 g/mol. The molecule has 0 unspecified atom stereocenters. The molecule has 2 heterocycles. The summed E-state index contributed by atoms with van der Waals surface area (Å²) in [6.45, 7) is 5.64. The molecule has 0 saturated carbocycles. The molecule has 0 spiro atoms. The molecule has 154 valence electrons. The second kappa shape index (κ2) is 9.21. The molecule has 0 aliphatic carbocycles. The number of nitrogens with zero attached hydrogens (tertiary/aromatic N) is 3. The SMILES string of the molecule is CN(Cc1ccccc1N1CCCC1)C(=O)NCCCN1CCc2ccccc21. The number of hydrogen-bond acceptors (Lipinski definition) is 3. The van der Waals surface area contributed by atoms with E-state index in [-0.39, 0.29) is 6.03 Å². The first-order valence-electron chi connectivity index (χ1n) is 10.9. The van der Waals surface area contributed by atoms with Crippen LogP contribution in [0.4, 0.5) is 16.2 Å². The van der Waals surface area contributed by atoms with Gasteiger partial charge in [0.05, 0.1) is 0 Å². The highest BCUT2D eigenvalue weighted by atomic mass is 16.2. The van der Waals surface area contributed by atoms with Crippen molar-refractivity contribution in [2.75, 3.05) is 49.6 Å². The van der Waals surface area contributed by atoms with Gasteiger partial charge < -0.3 is 20.0 Å². The molecule has 5 nitrogen and oxygen atoms in total. The van der Waals surface area contributed by atoms with Crippen molar-refractivity contribution in [1.29, 1.82) is 0 Å². The van der Waals surface area contributed by atoms with Gasteiger partial charge >= 0.3 is 6.03 Å². The summed E-state index contributed by atoms with van der Waals surface area (Å²) in [7, 11) is 1.88. The standard InChI is InChI=1S/C24H32N4O/c1-26(19-21-10-3-5-12-23(21)27-15-6-7-16-27)24(29)25-14-8-17-28-18-13-20-9-2-4-11-22(20)28/h2-5,9-12H,6-8,13-19H2,1H3,(H,25,29). The highest BCUT2D eigenvalue weighted by molar-refractivity contribution is 5.74. The van der Waals surface area contributed by atoms with Gasteiger partial charge in [0, 0.05) is 57.7 Å². The van der Waals surface area contributed by atoms with Gasteiger partial charge in [-0.25, -0.2) is 4.79 Å². The number of amides is 2. The maximum Gasteiger partial charge on any atom is 0.317 e. The predicted molar refractivity (Wildman–Crippen MR) is 120 cm³/mol. The quantitative estimate of drug-likeness (QED) is 0.727. The zero-order valence-corrected chi connectivity index (χ0v) is 17.4. The van der Waals surface area contributed by atoms with E-state index < -0.39 is 0 Å². The van der Waals surface area contributed by atoms with E-state index >= 15 is 0 Å². The Morgan fingerprint density at radius 1 is 1.00 bits per heavy atom. The van der Waals surface area contributed by atoms with E-state index in [1.54, 1.807) is 4.90 Å². The zero-order chi connectivity index (χ0) is 20.1. The summed E-state index contributed by atoms with van der Waals surface area (Å²) in [5.74, 6) is 0. The van der Waals surface area contributed by atoms with E-state index in [1.807, 2.05) is 7.05 Å². The topological polar surface area (TPSA) is 38.8 Å². The Morgan fingerprint density at radius 3 is 2.55 bits per heavy atom. The molecule has 5 heteroatoms. The van der Waals surface area contributed by atoms with Gasteiger partial charge in [-0.3, -0.25) is 0 Å². The van der Waals surface area contributed by atoms with Crippen molar-refractivity contribution < 1.29 is 4.79 Å². The molecule has 2 amide bonds. The molecule has 0 bridgehead atoms. The van der Waals surface area contributed by atoms with Crippen LogP contribution < -0.4 is 15.1 Å². The molecule has 0 radical (unpaired) electrons. The van der Waals surface area contributed by atoms with Crippen LogP contribution in [0, 0.1) is 0 Å². The van der Waals surface area contributed by atoms with Crippen molar-refractivity contribution in [1.82, 2.24) is 10.2 Å². The maximum absolute atomic E-state index is 12.6. The number of nitrogens with one attached hydrogen (secondary N) is 1. The number of benzene rings is 2. The van der Waals surface area contributed by atoms with Gasteiger partial charge in [-0.1, -0.05) is 36.4 Å². The Hall–Kier alpha value is -2.69. The van der Waals surface area contributed by atoms with Crippen molar-refractivity contribution in [3.8, 4) is 0 Å². The van der Waals surface area contributed by atoms with Crippen LogP contribution in [0.2, 0.25) is 0 Å². The fourth-order valence-corrected chi connectivity index (χ4v) is 4.48. The van der Waals surface area contributed by atoms with Gasteiger partial charge in [-0.2, -0.15) is 0 Å². The summed E-state index contributed by atoms with van der Waals surface area (Å²) in [4.78, 5) is 19.2. The lowest BCUT2D eigenvalue weighted by molar-refractivity contribution is 0.207. The first-order chi connectivity index (χ1) is 14.2. The number of fused-ring (bicyclic) bond motifs is 1. The lowest BCUT2D eigenvalue weighted by Gasteiger charge is -2.25. The van der Waals surface area contributed by atoms with Crippen molar-refractivity contribution in [3.05, 3.63) is 59.7 Å². The van der Waals surface area contributed by atoms with Crippen molar-refractivity contribution in [2.45, 2.75) is 32.2 Å². The van der Waals surface area contributed by atoms with E-state index in [2.05, 4.69) is 63.6 Å². The van der Waals surface area contributed by atoms with Crippen LogP contribution in [0.25, 0.3) is 0 Å². The molecule has 1 N–H and O–H groups in total. The molecule has 0 aromatic heterocycles. The highest BCUT2D eigenvalue weighted by Gasteiger charge is 2.19. The van der Waals surface area contributed by atoms with Crippen molar-refractivity contribution in [2.24, 2.45) is 0 Å². The third-order valence-corrected chi connectivity index (χ3v) is 6.06. The van der Waals surface area contributed by atoms with E-state index in [4.69, 9.17) is 0 Å². The highest BCUT2D eigenvalue weighted by Crippen LogP contribution is 2.27. The zero-order valence-electron chi connectivity index (χ0n) is 17.4. The second-order valence-corrected chi connectivity index (χ2v) is 8.13. The summed E-state index contributed by atoms with van der Waals surface area (Å²) < 4.78 is 0. The lowest BCUT2D eigenvalue weighted by Crippen LogP contribution is -2.38. The number of urea groups is 1. The van der Waals surface area contributed by atoms with Gasteiger partial charge in [0.1, 0.15) is 0 Å². The van der Waals surface area contributed by atoms with Crippen LogP contribution in [0.3, 0.4) is 0 Å². The first kappa shape index (κ1) is 19.6. The average Bonchev–Trinajstić information content (AvgIpc) is 3.42. The molecule has 4 rings (SSSR count). The Balaban J connectivity index is 1.23. The van der Waals surface area contributed by atoms with E-state index in [1.165, 1.54) is 35.3 Å². The molecule has 2 aromatic carbocycles. The smallest absolute Gasteiger partial charge is 0.317 e. The Kier molecular flexibility index (Phi) is 6.23. The van der Waals surface area contributed by atoms with Gasteiger partial charge in [-0.05, 0) is 48.9 Å². The van der Waals surface area contributed by atoms with E-state index in [0.29, 0.717) is 13.1 Å². The number of hydrogen-bond donors (Lipinski definition) is 1. The fourth-order valence-electron chi connectivity index (χ4n) is 4.48. The van der Waals surface area contributed by atoms with Gasteiger partial charge in [-0.15, -0.1) is 0 Å². The van der Waals surface area contributed by atoms with Crippen molar-refractivity contribution in [3.63, 3.8) is 0 Å². The minimum atomic E-state index is 0.00282. The number of carbonyl (C=O) groups excluding carboxylic acids is 1. The number of rotatable bonds is 7. The number of para-hydroxylation sites is 2. The maximum atomic E-state index is 12.6. The molecule has 1 fully saturated rings. The van der Waals surface area contributed by atoms with Crippen LogP contribution in [-0.4, -0.2) is 50.7 Å². The lowest BCUT2D eigenvalue weighted by atomic mass is 10.1. The fraction of sp³-hybridized carbons (Fsp3) is 0.458. The predicted octanol–water partition coefficient (Wildman–Crippen LogP) is 3.88. The van der Waals surface area contributed by atoms with Crippen LogP contribution in [-0.2, 0) is 13.0 Å². The van der Waals surface area contributed by atoms with Crippen molar-refractivity contribution >= 4 is 17.4 Å². The molecule has 2 aliphatic heterocycles. The van der Waals surface area contributed by atoms with E-state index in [0.717, 1.165) is 39.0 Å². The molecule has 2 aliphatic rings. The summed E-state index contributed by atoms with van der Waals surface area (Å²) >= 11 is 0. The normalized spacial score (nSPS) is 15.5.